The summed E-state index contributed by atoms with van der Waals surface area (Å²) in [4.78, 5) is 36.6. The molecule has 5 nitrogen and oxygen atoms in total. The van der Waals surface area contributed by atoms with Gasteiger partial charge < -0.3 is 5.11 Å². The molecule has 1 saturated heterocycles. The van der Waals surface area contributed by atoms with Crippen LogP contribution >= 0.6 is 11.3 Å². The number of amides is 2. The summed E-state index contributed by atoms with van der Waals surface area (Å²) in [5, 5.41) is 9.29. The van der Waals surface area contributed by atoms with E-state index in [1.54, 1.807) is 0 Å². The highest BCUT2D eigenvalue weighted by atomic mass is 32.1. The van der Waals surface area contributed by atoms with Crippen molar-refractivity contribution in [2.24, 2.45) is 5.41 Å². The maximum atomic E-state index is 12.4. The molecule has 0 saturated carbocycles. The summed E-state index contributed by atoms with van der Waals surface area (Å²) in [7, 11) is 0. The van der Waals surface area contributed by atoms with Gasteiger partial charge in [-0.1, -0.05) is 13.8 Å². The van der Waals surface area contributed by atoms with E-state index < -0.39 is 11.4 Å². The van der Waals surface area contributed by atoms with Gasteiger partial charge in [0, 0.05) is 6.42 Å². The largest absolute Gasteiger partial charge is 0.477 e. The van der Waals surface area contributed by atoms with E-state index in [-0.39, 0.29) is 23.1 Å². The highest BCUT2D eigenvalue weighted by Crippen LogP contribution is 2.42. The molecule has 1 fully saturated rings. The van der Waals surface area contributed by atoms with Crippen molar-refractivity contribution in [2.75, 3.05) is 4.90 Å². The van der Waals surface area contributed by atoms with E-state index >= 15 is 0 Å². The molecule has 1 aliphatic rings. The third kappa shape index (κ3) is 2.06. The van der Waals surface area contributed by atoms with Crippen molar-refractivity contribution < 1.29 is 19.5 Å². The maximum absolute atomic E-state index is 12.4. The van der Waals surface area contributed by atoms with Crippen molar-refractivity contribution in [1.29, 1.82) is 0 Å². The molecule has 1 N–H and O–H groups in total. The number of imide groups is 1. The number of carboxylic acid groups (broad SMARTS) is 1. The highest BCUT2D eigenvalue weighted by Gasteiger charge is 2.50. The van der Waals surface area contributed by atoms with E-state index in [0.29, 0.717) is 17.8 Å². The van der Waals surface area contributed by atoms with E-state index in [4.69, 9.17) is 5.11 Å². The van der Waals surface area contributed by atoms with Gasteiger partial charge in [-0.3, -0.25) is 9.59 Å². The van der Waals surface area contributed by atoms with Gasteiger partial charge in [-0.05, 0) is 25.0 Å². The normalized spacial score (nSPS) is 18.1. The lowest BCUT2D eigenvalue weighted by molar-refractivity contribution is -0.126. The standard InChI is InChI=1S/C13H15NO4S/c1-3-13(4-2)7-9(15)14(12(13)18)10-6-5-8(19-10)11(16)17/h5-6H,3-4,7H2,1-2H3,(H,16,17). The average molecular weight is 281 g/mol. The van der Waals surface area contributed by atoms with E-state index in [2.05, 4.69) is 0 Å². The first kappa shape index (κ1) is 13.7. The summed E-state index contributed by atoms with van der Waals surface area (Å²) in [6.07, 6.45) is 1.43. The molecule has 0 radical (unpaired) electrons. The molecule has 1 aliphatic heterocycles. The van der Waals surface area contributed by atoms with Crippen LogP contribution in [0, 0.1) is 5.41 Å². The van der Waals surface area contributed by atoms with Gasteiger partial charge in [-0.15, -0.1) is 11.3 Å². The summed E-state index contributed by atoms with van der Waals surface area (Å²) in [6.45, 7) is 3.80. The fourth-order valence-corrected chi connectivity index (χ4v) is 3.24. The molecule has 2 rings (SSSR count). The summed E-state index contributed by atoms with van der Waals surface area (Å²) in [5.74, 6) is -1.50. The van der Waals surface area contributed by atoms with Gasteiger partial charge in [-0.2, -0.15) is 0 Å². The Morgan fingerprint density at radius 2 is 2.00 bits per heavy atom. The van der Waals surface area contributed by atoms with Crippen molar-refractivity contribution in [3.8, 4) is 0 Å². The maximum Gasteiger partial charge on any atom is 0.345 e. The number of nitrogens with zero attached hydrogens (tertiary/aromatic N) is 1. The Morgan fingerprint density at radius 3 is 2.42 bits per heavy atom. The molecule has 0 bridgehead atoms. The number of carboxylic acids is 1. The predicted molar refractivity (Wildman–Crippen MR) is 71.4 cm³/mol. The van der Waals surface area contributed by atoms with Crippen molar-refractivity contribution in [1.82, 2.24) is 0 Å². The SMILES string of the molecule is CCC1(CC)CC(=O)N(c2ccc(C(=O)O)s2)C1=O. The molecular weight excluding hydrogens is 266 g/mol. The Bertz CT molecular complexity index is 545. The second-order valence-electron chi connectivity index (χ2n) is 4.64. The van der Waals surface area contributed by atoms with Crippen LogP contribution in [0.2, 0.25) is 0 Å². The zero-order valence-electron chi connectivity index (χ0n) is 10.8. The molecule has 2 heterocycles. The van der Waals surface area contributed by atoms with Gasteiger partial charge in [0.15, 0.2) is 0 Å². The predicted octanol–water partition coefficient (Wildman–Crippen LogP) is 2.52. The molecule has 0 aromatic carbocycles. The Hall–Kier alpha value is -1.69. The van der Waals surface area contributed by atoms with E-state index in [0.717, 1.165) is 16.2 Å². The van der Waals surface area contributed by atoms with Gasteiger partial charge in [0.2, 0.25) is 11.8 Å². The lowest BCUT2D eigenvalue weighted by Crippen LogP contribution is -2.34. The minimum atomic E-state index is -1.05. The second-order valence-corrected chi connectivity index (χ2v) is 5.70. The summed E-state index contributed by atoms with van der Waals surface area (Å²) in [5.41, 5.74) is -0.621. The first-order valence-corrected chi connectivity index (χ1v) is 6.97. The number of hydrogen-bond donors (Lipinski definition) is 1. The quantitative estimate of drug-likeness (QED) is 0.860. The Labute approximate surface area is 114 Å². The number of thiophene rings is 1. The number of rotatable bonds is 4. The summed E-state index contributed by atoms with van der Waals surface area (Å²) in [6, 6.07) is 2.94. The Kier molecular flexibility index (Phi) is 3.45. The van der Waals surface area contributed by atoms with Crippen LogP contribution in [0.5, 0.6) is 0 Å². The smallest absolute Gasteiger partial charge is 0.345 e. The third-order valence-corrected chi connectivity index (χ3v) is 4.83. The van der Waals surface area contributed by atoms with Gasteiger partial charge in [-0.25, -0.2) is 9.69 Å². The van der Waals surface area contributed by atoms with Crippen LogP contribution in [-0.4, -0.2) is 22.9 Å². The lowest BCUT2D eigenvalue weighted by Gasteiger charge is -2.22. The molecule has 0 spiro atoms. The lowest BCUT2D eigenvalue weighted by atomic mass is 9.81. The van der Waals surface area contributed by atoms with Gasteiger partial charge in [0.05, 0.1) is 5.41 Å². The molecular formula is C13H15NO4S. The molecule has 2 amide bonds. The van der Waals surface area contributed by atoms with Crippen molar-refractivity contribution in [3.63, 3.8) is 0 Å². The Balaban J connectivity index is 2.37. The monoisotopic (exact) mass is 281 g/mol. The molecule has 0 atom stereocenters. The van der Waals surface area contributed by atoms with Gasteiger partial charge >= 0.3 is 5.97 Å². The second kappa shape index (κ2) is 4.77. The summed E-state index contributed by atoms with van der Waals surface area (Å²) >= 11 is 0.952. The number of hydrogen-bond acceptors (Lipinski definition) is 4. The minimum Gasteiger partial charge on any atom is -0.477 e. The first-order chi connectivity index (χ1) is 8.95. The molecule has 1 aromatic heterocycles. The molecule has 1 aromatic rings. The van der Waals surface area contributed by atoms with Crippen LogP contribution in [0.1, 0.15) is 42.8 Å². The third-order valence-electron chi connectivity index (χ3n) is 3.77. The van der Waals surface area contributed by atoms with E-state index in [1.807, 2.05) is 13.8 Å². The first-order valence-electron chi connectivity index (χ1n) is 6.15. The van der Waals surface area contributed by atoms with Crippen LogP contribution in [0.25, 0.3) is 0 Å². The number of anilines is 1. The number of aromatic carboxylic acids is 1. The van der Waals surface area contributed by atoms with Gasteiger partial charge in [0.25, 0.3) is 0 Å². The molecule has 6 heteroatoms. The van der Waals surface area contributed by atoms with Crippen molar-refractivity contribution in [3.05, 3.63) is 17.0 Å². The topological polar surface area (TPSA) is 74.7 Å². The van der Waals surface area contributed by atoms with E-state index in [1.165, 1.54) is 12.1 Å². The van der Waals surface area contributed by atoms with Gasteiger partial charge in [0.1, 0.15) is 9.88 Å². The highest BCUT2D eigenvalue weighted by molar-refractivity contribution is 7.18. The fourth-order valence-electron chi connectivity index (χ4n) is 2.38. The van der Waals surface area contributed by atoms with Crippen LogP contribution in [0.15, 0.2) is 12.1 Å². The zero-order valence-corrected chi connectivity index (χ0v) is 11.6. The Morgan fingerprint density at radius 1 is 1.37 bits per heavy atom. The molecule has 0 aliphatic carbocycles. The minimum absolute atomic E-state index is 0.126. The van der Waals surface area contributed by atoms with Crippen LogP contribution < -0.4 is 4.90 Å². The summed E-state index contributed by atoms with van der Waals surface area (Å²) < 4.78 is 0. The fraction of sp³-hybridized carbons (Fsp3) is 0.462. The molecule has 102 valence electrons. The van der Waals surface area contributed by atoms with Crippen LogP contribution in [0.4, 0.5) is 5.00 Å². The molecule has 0 unspecified atom stereocenters. The zero-order chi connectivity index (χ0) is 14.2. The number of carbonyl (C=O) groups excluding carboxylic acids is 2. The van der Waals surface area contributed by atoms with Crippen LogP contribution in [-0.2, 0) is 9.59 Å². The van der Waals surface area contributed by atoms with E-state index in [9.17, 15) is 14.4 Å². The molecule has 19 heavy (non-hydrogen) atoms. The number of carbonyl (C=O) groups is 3. The van der Waals surface area contributed by atoms with Crippen molar-refractivity contribution >= 4 is 34.1 Å². The van der Waals surface area contributed by atoms with Crippen molar-refractivity contribution in [2.45, 2.75) is 33.1 Å². The average Bonchev–Trinajstić information content (AvgIpc) is 2.93. The van der Waals surface area contributed by atoms with Crippen LogP contribution in [0.3, 0.4) is 0 Å².